The highest BCUT2D eigenvalue weighted by atomic mass is 16.5. The zero-order valence-corrected chi connectivity index (χ0v) is 19.8. The highest BCUT2D eigenvalue weighted by Gasteiger charge is 2.67. The molecule has 0 spiro atoms. The van der Waals surface area contributed by atoms with E-state index in [-0.39, 0.29) is 30.4 Å². The van der Waals surface area contributed by atoms with Crippen LogP contribution in [0.25, 0.3) is 11.1 Å². The molecule has 3 atom stereocenters. The van der Waals surface area contributed by atoms with Crippen molar-refractivity contribution in [1.82, 2.24) is 10.2 Å². The van der Waals surface area contributed by atoms with Crippen molar-refractivity contribution in [2.75, 3.05) is 13.7 Å². The fourth-order valence-corrected chi connectivity index (χ4v) is 6.80. The van der Waals surface area contributed by atoms with Gasteiger partial charge in [0.1, 0.15) is 12.1 Å². The van der Waals surface area contributed by atoms with Gasteiger partial charge in [0.05, 0.1) is 5.41 Å². The number of hydrogen-bond acceptors (Lipinski definition) is 4. The quantitative estimate of drug-likeness (QED) is 0.656. The van der Waals surface area contributed by atoms with Gasteiger partial charge in [-0.15, -0.1) is 0 Å². The van der Waals surface area contributed by atoms with Crippen LogP contribution in [0.3, 0.4) is 0 Å². The Morgan fingerprint density at radius 2 is 1.66 bits per heavy atom. The van der Waals surface area contributed by atoms with Crippen LogP contribution in [0.5, 0.6) is 0 Å². The molecule has 0 saturated heterocycles. The Kier molecular flexibility index (Phi) is 4.95. The molecule has 2 aromatic rings. The molecule has 0 radical (unpaired) electrons. The van der Waals surface area contributed by atoms with Crippen LogP contribution in [0, 0.1) is 11.3 Å². The number of benzene rings is 2. The molecule has 6 rings (SSSR count). The first-order chi connectivity index (χ1) is 16.9. The molecule has 0 unspecified atom stereocenters. The first-order valence-electron chi connectivity index (χ1n) is 12.5. The van der Waals surface area contributed by atoms with Crippen LogP contribution < -0.4 is 5.32 Å². The molecule has 0 aliphatic heterocycles. The summed E-state index contributed by atoms with van der Waals surface area (Å²) in [4.78, 5) is 39.4. The van der Waals surface area contributed by atoms with Gasteiger partial charge in [0.15, 0.2) is 0 Å². The van der Waals surface area contributed by atoms with E-state index in [0.717, 1.165) is 19.3 Å². The second-order valence-electron chi connectivity index (χ2n) is 10.7. The van der Waals surface area contributed by atoms with Crippen molar-refractivity contribution in [1.29, 1.82) is 0 Å². The maximum absolute atomic E-state index is 13.3. The van der Waals surface area contributed by atoms with E-state index in [0.29, 0.717) is 19.3 Å². The molecule has 2 amide bonds. The van der Waals surface area contributed by atoms with Crippen LogP contribution in [0.1, 0.15) is 55.6 Å². The van der Waals surface area contributed by atoms with E-state index >= 15 is 0 Å². The molecule has 7 nitrogen and oxygen atoms in total. The van der Waals surface area contributed by atoms with E-state index < -0.39 is 23.0 Å². The van der Waals surface area contributed by atoms with Crippen molar-refractivity contribution >= 4 is 18.0 Å². The predicted molar refractivity (Wildman–Crippen MR) is 129 cm³/mol. The van der Waals surface area contributed by atoms with Crippen molar-refractivity contribution in [3.63, 3.8) is 0 Å². The van der Waals surface area contributed by atoms with Crippen LogP contribution in [0.2, 0.25) is 0 Å². The van der Waals surface area contributed by atoms with Gasteiger partial charge in [0, 0.05) is 19.0 Å². The minimum atomic E-state index is -1.06. The molecule has 4 aliphatic rings. The molecule has 2 N–H and O–H groups in total. The van der Waals surface area contributed by atoms with Gasteiger partial charge in [-0.2, -0.15) is 0 Å². The average molecular weight is 475 g/mol. The zero-order chi connectivity index (χ0) is 24.4. The normalized spacial score (nSPS) is 27.1. The van der Waals surface area contributed by atoms with E-state index in [1.807, 2.05) is 24.3 Å². The van der Waals surface area contributed by atoms with Crippen molar-refractivity contribution in [2.24, 2.45) is 11.3 Å². The number of likely N-dealkylation sites (N-methyl/N-ethyl adjacent to an activating group) is 1. The Bertz CT molecular complexity index is 1180. The van der Waals surface area contributed by atoms with Crippen molar-refractivity contribution in [2.45, 2.75) is 56.0 Å². The summed E-state index contributed by atoms with van der Waals surface area (Å²) in [6.45, 7) is 0.254. The first-order valence-corrected chi connectivity index (χ1v) is 12.5. The number of rotatable bonds is 6. The standard InChI is InChI=1S/C28H30N2O5/c1-30(28(25(32)33)11-6-12-28)24(31)27-14-17(27)13-18(15-27)29-26(34)35-16-23-21-9-4-2-7-19(21)20-8-3-5-10-22(20)23/h2-5,7-10,17-18,23H,6,11-16H2,1H3,(H,29,34)(H,32,33)/t17-,18+,27+/m0/s1. The zero-order valence-electron chi connectivity index (χ0n) is 19.8. The molecule has 0 heterocycles. The van der Waals surface area contributed by atoms with Crippen LogP contribution in [-0.2, 0) is 14.3 Å². The third kappa shape index (κ3) is 3.27. The first kappa shape index (κ1) is 22.1. The molecule has 4 aliphatic carbocycles. The van der Waals surface area contributed by atoms with Crippen molar-refractivity contribution < 1.29 is 24.2 Å². The van der Waals surface area contributed by atoms with Gasteiger partial charge in [0.25, 0.3) is 0 Å². The fraction of sp³-hybridized carbons (Fsp3) is 0.464. The number of nitrogens with zero attached hydrogens (tertiary/aromatic N) is 1. The Labute approximate surface area is 204 Å². The number of carboxylic acids is 1. The summed E-state index contributed by atoms with van der Waals surface area (Å²) >= 11 is 0. The number of aliphatic carboxylic acids is 1. The molecule has 0 bridgehead atoms. The van der Waals surface area contributed by atoms with Gasteiger partial charge in [0.2, 0.25) is 5.91 Å². The van der Waals surface area contributed by atoms with Gasteiger partial charge in [-0.3, -0.25) is 4.79 Å². The highest BCUT2D eigenvalue weighted by molar-refractivity contribution is 5.93. The number of nitrogens with one attached hydrogen (secondary N) is 1. The largest absolute Gasteiger partial charge is 0.479 e. The summed E-state index contributed by atoms with van der Waals surface area (Å²) in [6, 6.07) is 16.3. The van der Waals surface area contributed by atoms with E-state index in [9.17, 15) is 19.5 Å². The molecular weight excluding hydrogens is 444 g/mol. The summed E-state index contributed by atoms with van der Waals surface area (Å²) in [5, 5.41) is 12.7. The summed E-state index contributed by atoms with van der Waals surface area (Å²) in [7, 11) is 1.63. The lowest BCUT2D eigenvalue weighted by molar-refractivity contribution is -0.166. The minimum Gasteiger partial charge on any atom is -0.479 e. The monoisotopic (exact) mass is 474 g/mol. The van der Waals surface area contributed by atoms with E-state index in [1.54, 1.807) is 7.05 Å². The van der Waals surface area contributed by atoms with Gasteiger partial charge in [-0.05, 0) is 66.7 Å². The van der Waals surface area contributed by atoms with Gasteiger partial charge >= 0.3 is 12.1 Å². The van der Waals surface area contributed by atoms with E-state index in [1.165, 1.54) is 27.2 Å². The number of alkyl carbamates (subject to hydrolysis) is 1. The van der Waals surface area contributed by atoms with Crippen LogP contribution in [-0.4, -0.2) is 53.2 Å². The number of hydrogen-bond donors (Lipinski definition) is 2. The van der Waals surface area contributed by atoms with Gasteiger partial charge in [-0.25, -0.2) is 9.59 Å². The molecule has 3 fully saturated rings. The number of carboxylic acid groups (broad SMARTS) is 1. The summed E-state index contributed by atoms with van der Waals surface area (Å²) < 4.78 is 5.68. The third-order valence-corrected chi connectivity index (χ3v) is 9.03. The average Bonchev–Trinajstić information content (AvgIpc) is 3.24. The highest BCUT2D eigenvalue weighted by Crippen LogP contribution is 2.65. The van der Waals surface area contributed by atoms with Gasteiger partial charge < -0.3 is 20.1 Å². The second-order valence-corrected chi connectivity index (χ2v) is 10.7. The van der Waals surface area contributed by atoms with Crippen LogP contribution in [0.15, 0.2) is 48.5 Å². The SMILES string of the molecule is CN(C(=O)[C@]12C[C@H](NC(=O)OCC3c4ccccc4-c4ccccc43)C[C@H]1C2)C1(C(=O)O)CCC1. The third-order valence-electron chi connectivity index (χ3n) is 9.03. The maximum Gasteiger partial charge on any atom is 0.407 e. The van der Waals surface area contributed by atoms with Gasteiger partial charge in [-0.1, -0.05) is 48.5 Å². The molecular formula is C28H30N2O5. The van der Waals surface area contributed by atoms with Crippen molar-refractivity contribution in [3.8, 4) is 11.1 Å². The molecule has 182 valence electrons. The Balaban J connectivity index is 1.08. The van der Waals surface area contributed by atoms with Crippen molar-refractivity contribution in [3.05, 3.63) is 59.7 Å². The lowest BCUT2D eigenvalue weighted by Gasteiger charge is -2.46. The van der Waals surface area contributed by atoms with E-state index in [4.69, 9.17) is 4.74 Å². The summed E-state index contributed by atoms with van der Waals surface area (Å²) in [5.41, 5.74) is 3.11. The summed E-state index contributed by atoms with van der Waals surface area (Å²) in [5.74, 6) is -0.801. The smallest absolute Gasteiger partial charge is 0.407 e. The number of amides is 2. The minimum absolute atomic E-state index is 0.00128. The number of ether oxygens (including phenoxy) is 1. The number of carbonyl (C=O) groups is 3. The van der Waals surface area contributed by atoms with Crippen LogP contribution >= 0.6 is 0 Å². The number of carbonyl (C=O) groups excluding carboxylic acids is 2. The fourth-order valence-electron chi connectivity index (χ4n) is 6.80. The maximum atomic E-state index is 13.3. The molecule has 7 heteroatoms. The number of fused-ring (bicyclic) bond motifs is 4. The topological polar surface area (TPSA) is 95.9 Å². The predicted octanol–water partition coefficient (Wildman–Crippen LogP) is 4.16. The van der Waals surface area contributed by atoms with Crippen LogP contribution in [0.4, 0.5) is 4.79 Å². The Morgan fingerprint density at radius 1 is 1.03 bits per heavy atom. The lowest BCUT2D eigenvalue weighted by Crippen LogP contribution is -2.61. The molecule has 0 aromatic heterocycles. The molecule has 3 saturated carbocycles. The lowest BCUT2D eigenvalue weighted by atomic mass is 9.75. The second kappa shape index (κ2) is 7.83. The Hall–Kier alpha value is -3.35. The Morgan fingerprint density at radius 3 is 2.23 bits per heavy atom. The molecule has 35 heavy (non-hydrogen) atoms. The molecule has 2 aromatic carbocycles. The summed E-state index contributed by atoms with van der Waals surface area (Å²) in [6.07, 6.45) is 3.42. The van der Waals surface area contributed by atoms with E-state index in [2.05, 4.69) is 29.6 Å².